The van der Waals surface area contributed by atoms with Crippen molar-refractivity contribution in [3.8, 4) is 11.5 Å². The topological polar surface area (TPSA) is 74.7 Å². The van der Waals surface area contributed by atoms with Crippen molar-refractivity contribution in [2.75, 3.05) is 13.7 Å². The van der Waals surface area contributed by atoms with Gasteiger partial charge in [0.05, 0.1) is 13.7 Å². The summed E-state index contributed by atoms with van der Waals surface area (Å²) in [5, 5.41) is 9.60. The quantitative estimate of drug-likeness (QED) is 0.683. The summed E-state index contributed by atoms with van der Waals surface area (Å²) in [4.78, 5) is 12.0. The van der Waals surface area contributed by atoms with E-state index in [0.29, 0.717) is 18.1 Å². The van der Waals surface area contributed by atoms with Gasteiger partial charge in [0.2, 0.25) is 0 Å². The highest BCUT2D eigenvalue weighted by atomic mass is 79.9. The van der Waals surface area contributed by atoms with E-state index < -0.39 is 0 Å². The van der Waals surface area contributed by atoms with Crippen molar-refractivity contribution in [2.45, 2.75) is 6.54 Å². The number of benzene rings is 2. The number of fused-ring (bicyclic) bond motifs is 1. The molecule has 1 aliphatic rings. The summed E-state index contributed by atoms with van der Waals surface area (Å²) < 4.78 is 10.5. The summed E-state index contributed by atoms with van der Waals surface area (Å²) in [6.45, 7) is 0.371. The van der Waals surface area contributed by atoms with Gasteiger partial charge in [0, 0.05) is 5.56 Å². The Morgan fingerprint density at radius 3 is 2.50 bits per heavy atom. The van der Waals surface area contributed by atoms with Crippen LogP contribution in [0.4, 0.5) is 0 Å². The molecular weight excluding hydrogens is 374 g/mol. The number of hydrogen-bond acceptors (Lipinski definition) is 4. The lowest BCUT2D eigenvalue weighted by molar-refractivity contribution is -0.126. The number of carbonyl (C=O) groups is 1. The molecular formula is C17H17BrN3O3-. The summed E-state index contributed by atoms with van der Waals surface area (Å²) in [5.41, 5.74) is 4.55. The number of hydrazine groups is 1. The largest absolute Gasteiger partial charge is 1.00 e. The second kappa shape index (κ2) is 7.83. The first kappa shape index (κ1) is 17.8. The van der Waals surface area contributed by atoms with Crippen LogP contribution in [0.15, 0.2) is 48.5 Å². The molecule has 0 aliphatic carbocycles. The zero-order valence-electron chi connectivity index (χ0n) is 13.1. The Hall–Kier alpha value is -2.54. The minimum absolute atomic E-state index is 0. The number of halogens is 1. The van der Waals surface area contributed by atoms with E-state index in [1.807, 2.05) is 24.3 Å². The number of carbonyl (C=O) groups excluding carboxylic acids is 1. The number of rotatable bonds is 5. The van der Waals surface area contributed by atoms with E-state index in [2.05, 4.69) is 5.43 Å². The average Bonchev–Trinajstić information content (AvgIpc) is 2.90. The first-order chi connectivity index (χ1) is 11.2. The standard InChI is InChI=1S/C17H17N3O3.BrH/c1-22-13-6-8-14(9-7-13)23-11-16(21)19-20-10-12-4-2-3-5-15(12)17(20)18;/h2-9,18H,10-11H2,1H3,(H,19,21);1H/p-1. The second-order valence-electron chi connectivity index (χ2n) is 5.09. The number of nitrogens with zero attached hydrogens (tertiary/aromatic N) is 1. The predicted octanol–water partition coefficient (Wildman–Crippen LogP) is -1.05. The first-order valence-electron chi connectivity index (χ1n) is 7.18. The van der Waals surface area contributed by atoms with E-state index in [1.54, 1.807) is 31.4 Å². The summed E-state index contributed by atoms with van der Waals surface area (Å²) in [5.74, 6) is 1.29. The van der Waals surface area contributed by atoms with Crippen LogP contribution in [0, 0.1) is 5.41 Å². The lowest BCUT2D eigenvalue weighted by Crippen LogP contribution is -3.00. The van der Waals surface area contributed by atoms with Gasteiger partial charge in [-0.15, -0.1) is 0 Å². The maximum absolute atomic E-state index is 12.0. The highest BCUT2D eigenvalue weighted by Crippen LogP contribution is 2.20. The average molecular weight is 391 g/mol. The molecule has 0 fully saturated rings. The summed E-state index contributed by atoms with van der Waals surface area (Å²) in [6, 6.07) is 14.6. The molecule has 7 heteroatoms. The van der Waals surface area contributed by atoms with Crippen LogP contribution < -0.4 is 31.9 Å². The van der Waals surface area contributed by atoms with Crippen molar-refractivity contribution in [1.29, 1.82) is 5.41 Å². The number of nitrogens with one attached hydrogen (secondary N) is 2. The Morgan fingerprint density at radius 2 is 1.83 bits per heavy atom. The van der Waals surface area contributed by atoms with Crippen molar-refractivity contribution in [1.82, 2.24) is 10.4 Å². The molecule has 2 aromatic rings. The summed E-state index contributed by atoms with van der Waals surface area (Å²) in [6.07, 6.45) is 0. The Balaban J connectivity index is 0.00000208. The van der Waals surface area contributed by atoms with Crippen LogP contribution in [-0.2, 0) is 11.3 Å². The lowest BCUT2D eigenvalue weighted by atomic mass is 10.1. The number of hydrogen-bond donors (Lipinski definition) is 2. The Labute approximate surface area is 150 Å². The second-order valence-corrected chi connectivity index (χ2v) is 5.09. The smallest absolute Gasteiger partial charge is 0.276 e. The molecule has 2 aromatic carbocycles. The summed E-state index contributed by atoms with van der Waals surface area (Å²) >= 11 is 0. The fourth-order valence-corrected chi connectivity index (χ4v) is 2.38. The molecule has 126 valence electrons. The summed E-state index contributed by atoms with van der Waals surface area (Å²) in [7, 11) is 1.59. The number of methoxy groups -OCH3 is 1. The zero-order valence-corrected chi connectivity index (χ0v) is 14.7. The molecule has 0 saturated carbocycles. The Bertz CT molecular complexity index is 734. The molecule has 6 nitrogen and oxygen atoms in total. The molecule has 0 radical (unpaired) electrons. The number of amidine groups is 1. The van der Waals surface area contributed by atoms with Crippen molar-refractivity contribution in [3.05, 3.63) is 59.7 Å². The lowest BCUT2D eigenvalue weighted by Gasteiger charge is -2.19. The number of ether oxygens (including phenoxy) is 2. The molecule has 0 bridgehead atoms. The maximum Gasteiger partial charge on any atom is 0.276 e. The molecule has 1 heterocycles. The molecule has 0 atom stereocenters. The molecule has 1 aliphatic heterocycles. The van der Waals surface area contributed by atoms with Crippen LogP contribution in [0.3, 0.4) is 0 Å². The van der Waals surface area contributed by atoms with E-state index in [9.17, 15) is 4.79 Å². The van der Waals surface area contributed by atoms with Gasteiger partial charge in [-0.2, -0.15) is 0 Å². The van der Waals surface area contributed by atoms with E-state index in [-0.39, 0.29) is 29.5 Å². The fourth-order valence-electron chi connectivity index (χ4n) is 2.38. The SMILES string of the molecule is COc1ccc(OCC(=O)NN2Cc3ccccc3C2=N)cc1.[Br-]. The monoisotopic (exact) mass is 390 g/mol. The van der Waals surface area contributed by atoms with Crippen LogP contribution in [0.25, 0.3) is 0 Å². The zero-order chi connectivity index (χ0) is 16.2. The maximum atomic E-state index is 12.0. The van der Waals surface area contributed by atoms with Crippen LogP contribution in [0.1, 0.15) is 11.1 Å². The van der Waals surface area contributed by atoms with Crippen molar-refractivity contribution in [2.24, 2.45) is 0 Å². The van der Waals surface area contributed by atoms with Gasteiger partial charge in [0.15, 0.2) is 6.61 Å². The van der Waals surface area contributed by atoms with Gasteiger partial charge in [0.1, 0.15) is 17.3 Å². The first-order valence-corrected chi connectivity index (χ1v) is 7.18. The van der Waals surface area contributed by atoms with Crippen LogP contribution in [0.2, 0.25) is 0 Å². The van der Waals surface area contributed by atoms with E-state index in [4.69, 9.17) is 14.9 Å². The van der Waals surface area contributed by atoms with Gasteiger partial charge in [-0.25, -0.2) is 0 Å². The highest BCUT2D eigenvalue weighted by Gasteiger charge is 2.24. The molecule has 0 saturated heterocycles. The van der Waals surface area contributed by atoms with Gasteiger partial charge in [-0.1, -0.05) is 24.3 Å². The third-order valence-corrected chi connectivity index (χ3v) is 3.56. The molecule has 2 N–H and O–H groups in total. The van der Waals surface area contributed by atoms with E-state index in [0.717, 1.165) is 16.9 Å². The Kier molecular flexibility index (Phi) is 5.81. The van der Waals surface area contributed by atoms with Crippen LogP contribution in [-0.4, -0.2) is 30.5 Å². The molecule has 0 unspecified atom stereocenters. The third-order valence-electron chi connectivity index (χ3n) is 3.56. The molecule has 0 aromatic heterocycles. The van der Waals surface area contributed by atoms with Gasteiger partial charge in [-0.3, -0.25) is 20.6 Å². The molecule has 1 amide bonds. The minimum Gasteiger partial charge on any atom is -1.00 e. The van der Waals surface area contributed by atoms with E-state index in [1.165, 1.54) is 5.01 Å². The third kappa shape index (κ3) is 3.86. The van der Waals surface area contributed by atoms with Gasteiger partial charge < -0.3 is 26.5 Å². The fraction of sp³-hybridized carbons (Fsp3) is 0.176. The predicted molar refractivity (Wildman–Crippen MR) is 85.4 cm³/mol. The molecule has 0 spiro atoms. The van der Waals surface area contributed by atoms with Gasteiger partial charge in [-0.05, 0) is 29.8 Å². The normalized spacial score (nSPS) is 12.2. The van der Waals surface area contributed by atoms with Crippen molar-refractivity contribution >= 4 is 11.7 Å². The van der Waals surface area contributed by atoms with Crippen molar-refractivity contribution < 1.29 is 31.2 Å². The van der Waals surface area contributed by atoms with Crippen LogP contribution >= 0.6 is 0 Å². The molecule has 24 heavy (non-hydrogen) atoms. The van der Waals surface area contributed by atoms with E-state index >= 15 is 0 Å². The Morgan fingerprint density at radius 1 is 1.17 bits per heavy atom. The number of amides is 1. The molecule has 3 rings (SSSR count). The van der Waals surface area contributed by atoms with Crippen LogP contribution in [0.5, 0.6) is 11.5 Å². The highest BCUT2D eigenvalue weighted by molar-refractivity contribution is 6.01. The van der Waals surface area contributed by atoms with Crippen molar-refractivity contribution in [3.63, 3.8) is 0 Å². The van der Waals surface area contributed by atoms with Gasteiger partial charge in [0.25, 0.3) is 5.91 Å². The minimum atomic E-state index is -0.307. The van der Waals surface area contributed by atoms with Gasteiger partial charge >= 0.3 is 0 Å².